The van der Waals surface area contributed by atoms with Crippen molar-refractivity contribution >= 4 is 19.9 Å². The van der Waals surface area contributed by atoms with Crippen molar-refractivity contribution in [3.05, 3.63) is 0 Å². The molecule has 0 atom stereocenters. The lowest BCUT2D eigenvalue weighted by atomic mass is 10.1. The number of sulfonamides is 1. The molecular formula is C10H24N2O4S2. The molecule has 2 N–H and O–H groups in total. The van der Waals surface area contributed by atoms with Crippen LogP contribution in [0.15, 0.2) is 0 Å². The van der Waals surface area contributed by atoms with E-state index in [4.69, 9.17) is 0 Å². The first kappa shape index (κ1) is 17.8. The summed E-state index contributed by atoms with van der Waals surface area (Å²) in [7, 11) is -6.15. The van der Waals surface area contributed by atoms with Crippen LogP contribution in [0.4, 0.5) is 0 Å². The predicted octanol–water partition coefficient (Wildman–Crippen LogP) is -0.271. The van der Waals surface area contributed by atoms with E-state index in [0.29, 0.717) is 19.5 Å². The maximum absolute atomic E-state index is 11.2. The van der Waals surface area contributed by atoms with Crippen LogP contribution in [0.3, 0.4) is 0 Å². The maximum Gasteiger partial charge on any atom is 0.209 e. The number of rotatable bonds is 9. The van der Waals surface area contributed by atoms with Gasteiger partial charge in [-0.15, -0.1) is 0 Å². The highest BCUT2D eigenvalue weighted by molar-refractivity contribution is 7.91. The van der Waals surface area contributed by atoms with Crippen molar-refractivity contribution in [2.75, 3.05) is 30.9 Å². The van der Waals surface area contributed by atoms with Gasteiger partial charge in [0.15, 0.2) is 0 Å². The summed E-state index contributed by atoms with van der Waals surface area (Å²) < 4.78 is 47.1. The summed E-state index contributed by atoms with van der Waals surface area (Å²) in [6.07, 6.45) is 1.65. The van der Waals surface area contributed by atoms with Gasteiger partial charge in [0.2, 0.25) is 10.0 Å². The Morgan fingerprint density at radius 2 is 1.67 bits per heavy atom. The Hall–Kier alpha value is -0.180. The second-order valence-electron chi connectivity index (χ2n) is 5.02. The molecule has 0 saturated heterocycles. The van der Waals surface area contributed by atoms with Crippen LogP contribution in [0.25, 0.3) is 0 Å². The van der Waals surface area contributed by atoms with E-state index < -0.39 is 25.4 Å². The van der Waals surface area contributed by atoms with Crippen LogP contribution in [-0.4, -0.2) is 53.2 Å². The first-order valence-corrected chi connectivity index (χ1v) is 9.59. The lowest BCUT2D eigenvalue weighted by Crippen LogP contribution is -2.50. The first-order valence-electron chi connectivity index (χ1n) is 5.87. The van der Waals surface area contributed by atoms with Gasteiger partial charge in [-0.3, -0.25) is 0 Å². The van der Waals surface area contributed by atoms with Gasteiger partial charge in [-0.05, 0) is 26.8 Å². The highest BCUT2D eigenvalue weighted by Crippen LogP contribution is 2.02. The van der Waals surface area contributed by atoms with Crippen molar-refractivity contribution in [1.29, 1.82) is 0 Å². The zero-order valence-electron chi connectivity index (χ0n) is 11.5. The van der Waals surface area contributed by atoms with Gasteiger partial charge < -0.3 is 5.32 Å². The molecule has 0 radical (unpaired) electrons. The van der Waals surface area contributed by atoms with Crippen LogP contribution in [0.1, 0.15) is 27.2 Å². The van der Waals surface area contributed by atoms with Crippen molar-refractivity contribution in [2.45, 2.75) is 32.7 Å². The summed E-state index contributed by atoms with van der Waals surface area (Å²) in [5.74, 6) is 0.324. The van der Waals surface area contributed by atoms with E-state index in [1.165, 1.54) is 0 Å². The van der Waals surface area contributed by atoms with Crippen LogP contribution in [-0.2, 0) is 19.9 Å². The van der Waals surface area contributed by atoms with Crippen molar-refractivity contribution in [3.8, 4) is 0 Å². The average Bonchev–Trinajstić information content (AvgIpc) is 2.13. The molecule has 0 amide bonds. The second-order valence-corrected chi connectivity index (χ2v) is 9.25. The highest BCUT2D eigenvalue weighted by atomic mass is 32.2. The minimum atomic E-state index is -3.24. The zero-order valence-corrected chi connectivity index (χ0v) is 13.1. The smallest absolute Gasteiger partial charge is 0.209 e. The topological polar surface area (TPSA) is 92.3 Å². The summed E-state index contributed by atoms with van der Waals surface area (Å²) in [5, 5.41) is 3.05. The molecule has 0 aromatic rings. The molecule has 0 bridgehead atoms. The molecule has 110 valence electrons. The second kappa shape index (κ2) is 6.83. The summed E-state index contributed by atoms with van der Waals surface area (Å²) in [6, 6.07) is 0. The molecule has 0 saturated carbocycles. The molecule has 0 aliphatic rings. The van der Waals surface area contributed by atoms with Gasteiger partial charge in [-0.1, -0.05) is 6.92 Å². The molecule has 8 heteroatoms. The monoisotopic (exact) mass is 300 g/mol. The fraction of sp³-hybridized carbons (Fsp3) is 1.00. The van der Waals surface area contributed by atoms with Gasteiger partial charge >= 0.3 is 0 Å². The standard InChI is InChI=1S/C10H24N2O4S2/c1-5-18(15,16)8-6-7-11-9-10(2,3)12-17(4,13)14/h11-12H,5-9H2,1-4H3. The summed E-state index contributed by atoms with van der Waals surface area (Å²) in [4.78, 5) is 0. The maximum atomic E-state index is 11.2. The normalized spacial score (nSPS) is 13.8. The number of hydrogen-bond donors (Lipinski definition) is 2. The van der Waals surface area contributed by atoms with Gasteiger partial charge in [0.25, 0.3) is 0 Å². The third-order valence-electron chi connectivity index (χ3n) is 2.28. The lowest BCUT2D eigenvalue weighted by molar-refractivity contribution is 0.422. The van der Waals surface area contributed by atoms with Crippen LogP contribution >= 0.6 is 0 Å². The quantitative estimate of drug-likeness (QED) is 0.572. The Balaban J connectivity index is 3.92. The average molecular weight is 300 g/mol. The van der Waals surface area contributed by atoms with E-state index >= 15 is 0 Å². The Morgan fingerprint density at radius 1 is 1.11 bits per heavy atom. The van der Waals surface area contributed by atoms with Gasteiger partial charge in [-0.25, -0.2) is 21.6 Å². The minimum Gasteiger partial charge on any atom is -0.315 e. The Labute approximate surface area is 111 Å². The third-order valence-corrected chi connectivity index (χ3v) is 4.99. The number of hydrogen-bond acceptors (Lipinski definition) is 5. The molecule has 0 aliphatic carbocycles. The van der Waals surface area contributed by atoms with E-state index in [2.05, 4.69) is 10.0 Å². The van der Waals surface area contributed by atoms with Crippen molar-refractivity contribution in [2.24, 2.45) is 0 Å². The third kappa shape index (κ3) is 9.81. The molecule has 0 fully saturated rings. The fourth-order valence-electron chi connectivity index (χ4n) is 1.50. The Morgan fingerprint density at radius 3 is 2.11 bits per heavy atom. The van der Waals surface area contributed by atoms with Crippen molar-refractivity contribution in [1.82, 2.24) is 10.0 Å². The van der Waals surface area contributed by atoms with E-state index in [-0.39, 0.29) is 11.5 Å². The van der Waals surface area contributed by atoms with Gasteiger partial charge in [0.05, 0.1) is 12.0 Å². The van der Waals surface area contributed by atoms with Gasteiger partial charge in [0.1, 0.15) is 9.84 Å². The van der Waals surface area contributed by atoms with Crippen LogP contribution in [0.5, 0.6) is 0 Å². The van der Waals surface area contributed by atoms with E-state index in [1.54, 1.807) is 20.8 Å². The van der Waals surface area contributed by atoms with Gasteiger partial charge in [-0.2, -0.15) is 0 Å². The Bertz CT molecular complexity index is 440. The van der Waals surface area contributed by atoms with Crippen molar-refractivity contribution < 1.29 is 16.8 Å². The Kier molecular flexibility index (Phi) is 6.77. The molecule has 0 heterocycles. The zero-order chi connectivity index (χ0) is 14.4. The van der Waals surface area contributed by atoms with E-state index in [1.807, 2.05) is 0 Å². The van der Waals surface area contributed by atoms with E-state index in [9.17, 15) is 16.8 Å². The molecule has 0 spiro atoms. The molecule has 0 unspecified atom stereocenters. The van der Waals surface area contributed by atoms with Crippen molar-refractivity contribution in [3.63, 3.8) is 0 Å². The summed E-state index contributed by atoms with van der Waals surface area (Å²) >= 11 is 0. The largest absolute Gasteiger partial charge is 0.315 e. The molecule has 0 aliphatic heterocycles. The molecular weight excluding hydrogens is 276 g/mol. The SMILES string of the molecule is CCS(=O)(=O)CCCNCC(C)(C)NS(C)(=O)=O. The predicted molar refractivity (Wildman–Crippen MR) is 73.9 cm³/mol. The summed E-state index contributed by atoms with van der Waals surface area (Å²) in [5.41, 5.74) is -0.586. The molecule has 6 nitrogen and oxygen atoms in total. The molecule has 0 rings (SSSR count). The summed E-state index contributed by atoms with van der Waals surface area (Å²) in [6.45, 7) is 6.16. The number of nitrogens with one attached hydrogen (secondary N) is 2. The van der Waals surface area contributed by atoms with Gasteiger partial charge in [0, 0.05) is 17.8 Å². The first-order chi connectivity index (χ1) is 7.97. The fourth-order valence-corrected chi connectivity index (χ4v) is 3.45. The van der Waals surface area contributed by atoms with Crippen LogP contribution in [0.2, 0.25) is 0 Å². The van der Waals surface area contributed by atoms with Crippen LogP contribution < -0.4 is 10.0 Å². The minimum absolute atomic E-state index is 0.161. The lowest BCUT2D eigenvalue weighted by Gasteiger charge is -2.25. The van der Waals surface area contributed by atoms with E-state index in [0.717, 1.165) is 6.26 Å². The molecule has 18 heavy (non-hydrogen) atoms. The highest BCUT2D eigenvalue weighted by Gasteiger charge is 2.21. The molecule has 0 aromatic heterocycles. The number of sulfone groups is 1. The van der Waals surface area contributed by atoms with Crippen LogP contribution in [0, 0.1) is 0 Å². The molecule has 0 aromatic carbocycles.